The van der Waals surface area contributed by atoms with Gasteiger partial charge < -0.3 is 9.84 Å². The summed E-state index contributed by atoms with van der Waals surface area (Å²) in [5, 5.41) is 9.95. The van der Waals surface area contributed by atoms with Gasteiger partial charge in [-0.05, 0) is 17.7 Å². The van der Waals surface area contributed by atoms with E-state index in [1.54, 1.807) is 0 Å². The highest BCUT2D eigenvalue weighted by molar-refractivity contribution is 5.31. The third kappa shape index (κ3) is 3.65. The first-order chi connectivity index (χ1) is 8.96. The van der Waals surface area contributed by atoms with Crippen LogP contribution in [0.1, 0.15) is 17.4 Å². The fraction of sp³-hybridized carbons (Fsp3) is 0.167. The molecule has 19 heavy (non-hydrogen) atoms. The fourth-order valence-electron chi connectivity index (χ4n) is 1.47. The minimum Gasteiger partial charge on any atom is -0.406 e. The molecule has 0 radical (unpaired) electrons. The van der Waals surface area contributed by atoms with Gasteiger partial charge in [-0.25, -0.2) is 0 Å². The number of aromatic nitrogens is 2. The van der Waals surface area contributed by atoms with Crippen LogP contribution in [0, 0.1) is 0 Å². The molecule has 1 heterocycles. The summed E-state index contributed by atoms with van der Waals surface area (Å²) in [5.74, 6) is -0.345. The third-order valence-corrected chi connectivity index (χ3v) is 2.29. The fourth-order valence-corrected chi connectivity index (χ4v) is 1.47. The molecule has 0 aliphatic rings. The molecular formula is C12H9F3N2O2. The van der Waals surface area contributed by atoms with Crippen LogP contribution < -0.4 is 4.74 Å². The molecule has 2 rings (SSSR count). The van der Waals surface area contributed by atoms with Crippen molar-refractivity contribution in [2.45, 2.75) is 12.5 Å². The number of aliphatic hydroxyl groups is 1. The van der Waals surface area contributed by atoms with E-state index in [-0.39, 0.29) is 5.75 Å². The molecule has 0 spiro atoms. The molecule has 0 amide bonds. The van der Waals surface area contributed by atoms with E-state index in [4.69, 9.17) is 0 Å². The van der Waals surface area contributed by atoms with Crippen LogP contribution in [0.5, 0.6) is 5.75 Å². The lowest BCUT2D eigenvalue weighted by molar-refractivity contribution is -0.274. The molecule has 100 valence electrons. The Morgan fingerprint density at radius 1 is 1.11 bits per heavy atom. The number of hydrogen-bond acceptors (Lipinski definition) is 4. The molecule has 0 bridgehead atoms. The van der Waals surface area contributed by atoms with Crippen molar-refractivity contribution >= 4 is 0 Å². The number of halogens is 3. The summed E-state index contributed by atoms with van der Waals surface area (Å²) in [6, 6.07) is 4.92. The van der Waals surface area contributed by atoms with Crippen molar-refractivity contribution < 1.29 is 23.0 Å². The summed E-state index contributed by atoms with van der Waals surface area (Å²) in [6.45, 7) is 0. The second kappa shape index (κ2) is 5.23. The monoisotopic (exact) mass is 270 g/mol. The van der Waals surface area contributed by atoms with E-state index in [0.717, 1.165) is 12.1 Å². The Bertz CT molecular complexity index is 529. The Morgan fingerprint density at radius 3 is 2.32 bits per heavy atom. The van der Waals surface area contributed by atoms with E-state index < -0.39 is 12.5 Å². The summed E-state index contributed by atoms with van der Waals surface area (Å²) in [4.78, 5) is 7.71. The normalized spacial score (nSPS) is 13.1. The van der Waals surface area contributed by atoms with Crippen LogP contribution in [0.4, 0.5) is 13.2 Å². The van der Waals surface area contributed by atoms with Crippen LogP contribution in [0.25, 0.3) is 0 Å². The van der Waals surface area contributed by atoms with Gasteiger partial charge in [-0.3, -0.25) is 9.97 Å². The van der Waals surface area contributed by atoms with Crippen LogP contribution in [-0.2, 0) is 0 Å². The van der Waals surface area contributed by atoms with Crippen LogP contribution in [0.3, 0.4) is 0 Å². The van der Waals surface area contributed by atoms with Gasteiger partial charge in [0.25, 0.3) is 0 Å². The molecule has 0 saturated heterocycles. The maximum atomic E-state index is 12.0. The van der Waals surface area contributed by atoms with E-state index in [1.165, 1.54) is 30.7 Å². The number of aliphatic hydroxyl groups excluding tert-OH is 1. The molecule has 0 fully saturated rings. The van der Waals surface area contributed by atoms with Crippen LogP contribution >= 0.6 is 0 Å². The second-order valence-electron chi connectivity index (χ2n) is 3.65. The van der Waals surface area contributed by atoms with Crippen molar-refractivity contribution in [3.8, 4) is 5.75 Å². The molecule has 1 N–H and O–H groups in total. The largest absolute Gasteiger partial charge is 0.573 e. The Morgan fingerprint density at radius 2 is 1.79 bits per heavy atom. The van der Waals surface area contributed by atoms with Crippen molar-refractivity contribution in [2.75, 3.05) is 0 Å². The molecule has 7 heteroatoms. The molecule has 1 unspecified atom stereocenters. The second-order valence-corrected chi connectivity index (χ2v) is 3.65. The predicted octanol–water partition coefficient (Wildman–Crippen LogP) is 2.46. The van der Waals surface area contributed by atoms with E-state index in [9.17, 15) is 18.3 Å². The highest BCUT2D eigenvalue weighted by Crippen LogP contribution is 2.25. The topological polar surface area (TPSA) is 55.2 Å². The molecule has 1 aromatic carbocycles. The Labute approximate surface area is 106 Å². The first-order valence-electron chi connectivity index (χ1n) is 5.25. The number of nitrogens with zero attached hydrogens (tertiary/aromatic N) is 2. The number of hydrogen-bond donors (Lipinski definition) is 1. The van der Waals surface area contributed by atoms with Gasteiger partial charge in [-0.2, -0.15) is 0 Å². The van der Waals surface area contributed by atoms with Crippen LogP contribution in [-0.4, -0.2) is 21.4 Å². The smallest absolute Gasteiger partial charge is 0.406 e. The highest BCUT2D eigenvalue weighted by Gasteiger charge is 2.31. The molecule has 4 nitrogen and oxygen atoms in total. The lowest BCUT2D eigenvalue weighted by Gasteiger charge is -2.12. The first-order valence-corrected chi connectivity index (χ1v) is 5.25. The molecule has 0 aliphatic heterocycles. The van der Waals surface area contributed by atoms with Crippen molar-refractivity contribution in [2.24, 2.45) is 0 Å². The van der Waals surface area contributed by atoms with Crippen LogP contribution in [0.15, 0.2) is 42.9 Å². The van der Waals surface area contributed by atoms with Gasteiger partial charge in [0, 0.05) is 12.4 Å². The van der Waals surface area contributed by atoms with E-state index in [0.29, 0.717) is 11.3 Å². The summed E-state index contributed by atoms with van der Waals surface area (Å²) in [6.07, 6.45) is -1.53. The molecule has 0 aliphatic carbocycles. The zero-order valence-electron chi connectivity index (χ0n) is 9.50. The number of alkyl halides is 3. The summed E-state index contributed by atoms with van der Waals surface area (Å²) in [7, 11) is 0. The molecule has 1 atom stereocenters. The molecule has 0 saturated carbocycles. The van der Waals surface area contributed by atoms with Gasteiger partial charge >= 0.3 is 6.36 Å². The summed E-state index contributed by atoms with van der Waals surface area (Å²) < 4.78 is 39.7. The highest BCUT2D eigenvalue weighted by atomic mass is 19.4. The van der Waals surface area contributed by atoms with Gasteiger partial charge in [-0.1, -0.05) is 12.1 Å². The van der Waals surface area contributed by atoms with Gasteiger partial charge in [0.2, 0.25) is 0 Å². The van der Waals surface area contributed by atoms with E-state index >= 15 is 0 Å². The quantitative estimate of drug-likeness (QED) is 0.930. The average molecular weight is 270 g/mol. The molecular weight excluding hydrogens is 261 g/mol. The zero-order chi connectivity index (χ0) is 13.9. The number of rotatable bonds is 3. The Hall–Kier alpha value is -2.15. The van der Waals surface area contributed by atoms with Crippen molar-refractivity contribution in [3.63, 3.8) is 0 Å². The van der Waals surface area contributed by atoms with Crippen molar-refractivity contribution in [3.05, 3.63) is 54.1 Å². The lowest BCUT2D eigenvalue weighted by Crippen LogP contribution is -2.17. The first kappa shape index (κ1) is 13.3. The Balaban J connectivity index is 2.15. The molecule has 2 aromatic rings. The standard InChI is InChI=1S/C12H9F3N2O2/c13-12(14,15)19-9-3-1-8(2-4-9)11(18)10-7-16-5-6-17-10/h1-7,11,18H. The number of benzene rings is 1. The third-order valence-electron chi connectivity index (χ3n) is 2.29. The van der Waals surface area contributed by atoms with Gasteiger partial charge in [0.1, 0.15) is 11.9 Å². The van der Waals surface area contributed by atoms with E-state index in [2.05, 4.69) is 14.7 Å². The van der Waals surface area contributed by atoms with E-state index in [1.807, 2.05) is 0 Å². The lowest BCUT2D eigenvalue weighted by atomic mass is 10.1. The summed E-state index contributed by atoms with van der Waals surface area (Å²) >= 11 is 0. The van der Waals surface area contributed by atoms with Crippen molar-refractivity contribution in [1.82, 2.24) is 9.97 Å². The SMILES string of the molecule is OC(c1ccc(OC(F)(F)F)cc1)c1cnccn1. The van der Waals surface area contributed by atoms with Gasteiger partial charge in [-0.15, -0.1) is 13.2 Å². The minimum absolute atomic E-state index is 0.312. The molecule has 1 aromatic heterocycles. The predicted molar refractivity (Wildman–Crippen MR) is 59.2 cm³/mol. The number of ether oxygens (including phenoxy) is 1. The van der Waals surface area contributed by atoms with Gasteiger partial charge in [0.15, 0.2) is 0 Å². The maximum Gasteiger partial charge on any atom is 0.573 e. The minimum atomic E-state index is -4.73. The maximum absolute atomic E-state index is 12.0. The summed E-state index contributed by atoms with van der Waals surface area (Å²) in [5.41, 5.74) is 0.710. The van der Waals surface area contributed by atoms with Gasteiger partial charge in [0.05, 0.1) is 11.9 Å². The van der Waals surface area contributed by atoms with Crippen molar-refractivity contribution in [1.29, 1.82) is 0 Å². The average Bonchev–Trinajstić information content (AvgIpc) is 2.38. The zero-order valence-corrected chi connectivity index (χ0v) is 9.50. The Kier molecular flexibility index (Phi) is 3.66. The van der Waals surface area contributed by atoms with Crippen LogP contribution in [0.2, 0.25) is 0 Å².